The van der Waals surface area contributed by atoms with Crippen molar-refractivity contribution in [2.45, 2.75) is 38.9 Å². The van der Waals surface area contributed by atoms with Crippen LogP contribution in [0.3, 0.4) is 0 Å². The van der Waals surface area contributed by atoms with Gasteiger partial charge in [0.25, 0.3) is 0 Å². The molecule has 0 aliphatic rings. The highest BCUT2D eigenvalue weighted by atomic mass is 32.2. The Morgan fingerprint density at radius 1 is 1.33 bits per heavy atom. The van der Waals surface area contributed by atoms with Crippen molar-refractivity contribution < 1.29 is 8.42 Å². The Morgan fingerprint density at radius 2 is 1.87 bits per heavy atom. The average molecular weight is 236 g/mol. The van der Waals surface area contributed by atoms with Gasteiger partial charge in [-0.3, -0.25) is 0 Å². The van der Waals surface area contributed by atoms with E-state index in [4.69, 9.17) is 5.73 Å². The van der Waals surface area contributed by atoms with Gasteiger partial charge in [-0.15, -0.1) is 0 Å². The van der Waals surface area contributed by atoms with Crippen molar-refractivity contribution in [3.63, 3.8) is 0 Å². The van der Waals surface area contributed by atoms with E-state index in [1.807, 2.05) is 6.92 Å². The molecule has 0 aliphatic heterocycles. The quantitative estimate of drug-likeness (QED) is 0.718. The monoisotopic (exact) mass is 236 g/mol. The van der Waals surface area contributed by atoms with Crippen molar-refractivity contribution in [2.75, 3.05) is 20.1 Å². The molecule has 15 heavy (non-hydrogen) atoms. The molecule has 0 aromatic rings. The summed E-state index contributed by atoms with van der Waals surface area (Å²) >= 11 is 0. The molecule has 0 saturated carbocycles. The summed E-state index contributed by atoms with van der Waals surface area (Å²) in [5.74, 6) is 0.514. The van der Waals surface area contributed by atoms with E-state index < -0.39 is 15.3 Å². The minimum absolute atomic E-state index is 0.199. The summed E-state index contributed by atoms with van der Waals surface area (Å²) in [6.07, 6.45) is 1.46. The largest absolute Gasteiger partial charge is 0.329 e. The van der Waals surface area contributed by atoms with Crippen LogP contribution in [0.25, 0.3) is 0 Å². The Balaban J connectivity index is 4.44. The third kappa shape index (κ3) is 4.49. The first-order valence-corrected chi connectivity index (χ1v) is 7.01. The highest BCUT2D eigenvalue weighted by Gasteiger charge is 2.26. The molecule has 0 bridgehead atoms. The van der Waals surface area contributed by atoms with Gasteiger partial charge in [-0.2, -0.15) is 0 Å². The molecule has 0 aromatic heterocycles. The first-order valence-electron chi connectivity index (χ1n) is 5.51. The topological polar surface area (TPSA) is 63.4 Å². The maximum atomic E-state index is 12.0. The molecule has 0 spiro atoms. The second-order valence-electron chi connectivity index (χ2n) is 4.31. The lowest BCUT2D eigenvalue weighted by molar-refractivity contribution is 0.420. The molecule has 1 unspecified atom stereocenters. The van der Waals surface area contributed by atoms with Crippen molar-refractivity contribution in [3.8, 4) is 0 Å². The van der Waals surface area contributed by atoms with Gasteiger partial charge in [-0.1, -0.05) is 20.8 Å². The highest BCUT2D eigenvalue weighted by molar-refractivity contribution is 7.89. The molecule has 0 aromatic carbocycles. The molecule has 0 fully saturated rings. The van der Waals surface area contributed by atoms with E-state index in [-0.39, 0.29) is 6.54 Å². The second kappa shape index (κ2) is 6.45. The van der Waals surface area contributed by atoms with E-state index in [0.29, 0.717) is 18.9 Å². The number of sulfonamides is 1. The summed E-state index contributed by atoms with van der Waals surface area (Å²) in [4.78, 5) is 0. The smallest absolute Gasteiger partial charge is 0.217 e. The summed E-state index contributed by atoms with van der Waals surface area (Å²) in [6.45, 7) is 6.80. The van der Waals surface area contributed by atoms with Crippen LogP contribution in [0.4, 0.5) is 0 Å². The van der Waals surface area contributed by atoms with Gasteiger partial charge in [-0.25, -0.2) is 12.7 Å². The molecule has 0 amide bonds. The van der Waals surface area contributed by atoms with E-state index in [1.165, 1.54) is 4.31 Å². The molecule has 92 valence electrons. The minimum atomic E-state index is -3.19. The van der Waals surface area contributed by atoms with Crippen molar-refractivity contribution in [3.05, 3.63) is 0 Å². The molecule has 0 rings (SSSR count). The van der Waals surface area contributed by atoms with Gasteiger partial charge in [0.05, 0.1) is 5.25 Å². The van der Waals surface area contributed by atoms with Crippen LogP contribution in [-0.4, -0.2) is 38.1 Å². The van der Waals surface area contributed by atoms with Crippen LogP contribution in [0, 0.1) is 5.92 Å². The van der Waals surface area contributed by atoms with E-state index >= 15 is 0 Å². The van der Waals surface area contributed by atoms with Gasteiger partial charge in [0.15, 0.2) is 0 Å². The van der Waals surface area contributed by atoms with Crippen LogP contribution in [0.5, 0.6) is 0 Å². The normalized spacial score (nSPS) is 14.9. The summed E-state index contributed by atoms with van der Waals surface area (Å²) in [6, 6.07) is 0. The van der Waals surface area contributed by atoms with Crippen LogP contribution < -0.4 is 5.73 Å². The zero-order valence-electron chi connectivity index (χ0n) is 10.2. The Morgan fingerprint density at radius 3 is 2.20 bits per heavy atom. The van der Waals surface area contributed by atoms with Crippen molar-refractivity contribution in [1.82, 2.24) is 4.31 Å². The number of hydrogen-bond acceptors (Lipinski definition) is 3. The molecule has 5 heteroatoms. The van der Waals surface area contributed by atoms with Crippen molar-refractivity contribution in [2.24, 2.45) is 11.7 Å². The molecular weight excluding hydrogens is 212 g/mol. The number of nitrogens with zero attached hydrogens (tertiary/aromatic N) is 1. The molecule has 0 radical (unpaired) electrons. The average Bonchev–Trinajstić information content (AvgIpc) is 2.15. The van der Waals surface area contributed by atoms with E-state index in [0.717, 1.165) is 6.42 Å². The maximum absolute atomic E-state index is 12.0. The summed E-state index contributed by atoms with van der Waals surface area (Å²) < 4.78 is 25.3. The lowest BCUT2D eigenvalue weighted by atomic mass is 10.1. The predicted octanol–water partition coefficient (Wildman–Crippen LogP) is 1.03. The first-order chi connectivity index (χ1) is 6.86. The van der Waals surface area contributed by atoms with Crippen LogP contribution >= 0.6 is 0 Å². The van der Waals surface area contributed by atoms with Crippen LogP contribution in [0.1, 0.15) is 33.6 Å². The summed E-state index contributed by atoms with van der Waals surface area (Å²) in [5, 5.41) is -0.435. The Kier molecular flexibility index (Phi) is 6.40. The van der Waals surface area contributed by atoms with Gasteiger partial charge >= 0.3 is 0 Å². The zero-order valence-corrected chi connectivity index (χ0v) is 11.0. The molecule has 0 saturated heterocycles. The molecule has 0 aliphatic carbocycles. The molecule has 1 atom stereocenters. The third-order valence-electron chi connectivity index (χ3n) is 2.60. The fourth-order valence-electron chi connectivity index (χ4n) is 1.32. The van der Waals surface area contributed by atoms with Crippen LogP contribution in [0.15, 0.2) is 0 Å². The zero-order chi connectivity index (χ0) is 12.1. The fraction of sp³-hybridized carbons (Fsp3) is 1.00. The van der Waals surface area contributed by atoms with E-state index in [9.17, 15) is 8.42 Å². The number of hydrogen-bond donors (Lipinski definition) is 1. The first kappa shape index (κ1) is 14.9. The Bertz CT molecular complexity index is 259. The third-order valence-corrected chi connectivity index (χ3v) is 5.01. The highest BCUT2D eigenvalue weighted by Crippen LogP contribution is 2.11. The lowest BCUT2D eigenvalue weighted by Gasteiger charge is -2.23. The fourth-order valence-corrected chi connectivity index (χ4v) is 2.85. The summed E-state index contributed by atoms with van der Waals surface area (Å²) in [5.41, 5.74) is 5.46. The van der Waals surface area contributed by atoms with E-state index in [2.05, 4.69) is 13.8 Å². The van der Waals surface area contributed by atoms with E-state index in [1.54, 1.807) is 7.05 Å². The SMILES string of the molecule is CCC(CN)S(=O)(=O)N(C)CCC(C)C. The van der Waals surface area contributed by atoms with Crippen molar-refractivity contribution >= 4 is 10.0 Å². The van der Waals surface area contributed by atoms with Crippen LogP contribution in [0.2, 0.25) is 0 Å². The predicted molar refractivity (Wildman–Crippen MR) is 64.1 cm³/mol. The van der Waals surface area contributed by atoms with Gasteiger partial charge < -0.3 is 5.73 Å². The number of rotatable bonds is 7. The minimum Gasteiger partial charge on any atom is -0.329 e. The molecule has 2 N–H and O–H groups in total. The van der Waals surface area contributed by atoms with Crippen molar-refractivity contribution in [1.29, 1.82) is 0 Å². The standard InChI is InChI=1S/C10H24N2O2S/c1-5-10(8-11)15(13,14)12(4)7-6-9(2)3/h9-10H,5-8,11H2,1-4H3. The van der Waals surface area contributed by atoms with Gasteiger partial charge in [0, 0.05) is 20.1 Å². The lowest BCUT2D eigenvalue weighted by Crippen LogP contribution is -2.40. The van der Waals surface area contributed by atoms with Gasteiger partial charge in [0.1, 0.15) is 0 Å². The molecular formula is C10H24N2O2S. The Labute approximate surface area is 93.9 Å². The molecule has 4 nitrogen and oxygen atoms in total. The molecule has 0 heterocycles. The van der Waals surface area contributed by atoms with Gasteiger partial charge in [0.2, 0.25) is 10.0 Å². The maximum Gasteiger partial charge on any atom is 0.217 e. The number of nitrogens with two attached hydrogens (primary N) is 1. The van der Waals surface area contributed by atoms with Crippen LogP contribution in [-0.2, 0) is 10.0 Å². The Hall–Kier alpha value is -0.130. The summed E-state index contributed by atoms with van der Waals surface area (Å²) in [7, 11) is -1.55. The second-order valence-corrected chi connectivity index (χ2v) is 6.63. The van der Waals surface area contributed by atoms with Gasteiger partial charge in [-0.05, 0) is 18.8 Å².